The molecular formula is C25H32ClN3OS. The first-order chi connectivity index (χ1) is 15.0. The molecule has 6 heteroatoms. The van der Waals surface area contributed by atoms with E-state index in [1.165, 1.54) is 29.0 Å². The summed E-state index contributed by atoms with van der Waals surface area (Å²) in [4.78, 5) is 16.7. The van der Waals surface area contributed by atoms with Gasteiger partial charge in [0, 0.05) is 29.4 Å². The number of nitrogens with one attached hydrogen (secondary N) is 2. The third-order valence-corrected chi connectivity index (χ3v) is 7.28. The number of carbonyl (C=O) groups excluding carboxylic acids is 1. The molecule has 1 unspecified atom stereocenters. The van der Waals surface area contributed by atoms with Crippen molar-refractivity contribution in [2.24, 2.45) is 4.99 Å². The van der Waals surface area contributed by atoms with Gasteiger partial charge < -0.3 is 10.6 Å². The zero-order valence-electron chi connectivity index (χ0n) is 18.6. The van der Waals surface area contributed by atoms with Crippen LogP contribution in [0.25, 0.3) is 0 Å². The second-order valence-corrected chi connectivity index (χ2v) is 9.54. The number of benzene rings is 2. The summed E-state index contributed by atoms with van der Waals surface area (Å²) in [7, 11) is 1.84. The average Bonchev–Trinajstić information content (AvgIpc) is 2.79. The Labute approximate surface area is 195 Å². The summed E-state index contributed by atoms with van der Waals surface area (Å²) < 4.78 is 0. The molecule has 0 saturated heterocycles. The summed E-state index contributed by atoms with van der Waals surface area (Å²) in [6.07, 6.45) is 4.74. The summed E-state index contributed by atoms with van der Waals surface area (Å²) in [6, 6.07) is 14.0. The van der Waals surface area contributed by atoms with Crippen LogP contribution in [-0.2, 0) is 10.3 Å². The van der Waals surface area contributed by atoms with Crippen LogP contribution in [-0.4, -0.2) is 30.3 Å². The number of thioether (sulfide) groups is 1. The van der Waals surface area contributed by atoms with Crippen LogP contribution in [0.5, 0.6) is 0 Å². The molecule has 0 spiro atoms. The van der Waals surface area contributed by atoms with Crippen LogP contribution in [0.1, 0.15) is 48.8 Å². The highest BCUT2D eigenvalue weighted by molar-refractivity contribution is 8.14. The highest BCUT2D eigenvalue weighted by atomic mass is 35.5. The van der Waals surface area contributed by atoms with Crippen molar-refractivity contribution in [3.05, 3.63) is 64.2 Å². The van der Waals surface area contributed by atoms with Gasteiger partial charge in [-0.3, -0.25) is 9.79 Å². The van der Waals surface area contributed by atoms with E-state index in [2.05, 4.69) is 47.7 Å². The third-order valence-electron chi connectivity index (χ3n) is 5.95. The largest absolute Gasteiger partial charge is 0.335 e. The van der Waals surface area contributed by atoms with Crippen LogP contribution in [0.15, 0.2) is 47.5 Å². The van der Waals surface area contributed by atoms with Gasteiger partial charge in [-0.25, -0.2) is 0 Å². The van der Waals surface area contributed by atoms with E-state index in [9.17, 15) is 4.79 Å². The number of ketones is 1. The lowest BCUT2D eigenvalue weighted by Gasteiger charge is -2.36. The number of rotatable bonds is 3. The number of para-hydroxylation sites is 1. The van der Waals surface area contributed by atoms with Crippen molar-refractivity contribution in [3.8, 4) is 0 Å². The molecule has 0 amide bonds. The second kappa shape index (κ2) is 11.2. The maximum atomic E-state index is 12.2. The Balaban J connectivity index is 0.000000176. The molecule has 1 aliphatic carbocycles. The van der Waals surface area contributed by atoms with Crippen molar-refractivity contribution >= 4 is 40.0 Å². The summed E-state index contributed by atoms with van der Waals surface area (Å²) in [5, 5.41) is 8.36. The number of hydrogen-bond acceptors (Lipinski definition) is 5. The van der Waals surface area contributed by atoms with E-state index < -0.39 is 5.54 Å². The van der Waals surface area contributed by atoms with Gasteiger partial charge in [0.05, 0.1) is 0 Å². The Morgan fingerprint density at radius 1 is 1.03 bits per heavy atom. The number of likely N-dealkylation sites (N-methyl/N-ethyl adjacent to an activating group) is 1. The molecule has 2 aliphatic rings. The normalized spacial score (nSPS) is 21.0. The van der Waals surface area contributed by atoms with Crippen molar-refractivity contribution in [2.45, 2.75) is 51.5 Å². The third kappa shape index (κ3) is 5.71. The van der Waals surface area contributed by atoms with Gasteiger partial charge in [-0.2, -0.15) is 0 Å². The van der Waals surface area contributed by atoms with Crippen molar-refractivity contribution in [2.75, 3.05) is 24.7 Å². The number of Topliss-reactive ketones (excluding diaryl/α,β-unsaturated/α-hetero) is 1. The molecular weight excluding hydrogens is 426 g/mol. The molecule has 166 valence electrons. The number of hydrogen-bond donors (Lipinski definition) is 2. The summed E-state index contributed by atoms with van der Waals surface area (Å²) in [6.45, 7) is 5.22. The van der Waals surface area contributed by atoms with E-state index in [4.69, 9.17) is 11.6 Å². The van der Waals surface area contributed by atoms with Crippen LogP contribution in [0.2, 0.25) is 5.02 Å². The van der Waals surface area contributed by atoms with Gasteiger partial charge in [0.2, 0.25) is 0 Å². The smallest absolute Gasteiger partial charge is 0.161 e. The van der Waals surface area contributed by atoms with Crippen LogP contribution in [0.3, 0.4) is 0 Å². The number of aryl methyl sites for hydroxylation is 2. The quantitative estimate of drug-likeness (QED) is 0.584. The van der Waals surface area contributed by atoms with Gasteiger partial charge >= 0.3 is 0 Å². The molecule has 0 bridgehead atoms. The van der Waals surface area contributed by atoms with Crippen LogP contribution in [0.4, 0.5) is 5.69 Å². The monoisotopic (exact) mass is 457 g/mol. The van der Waals surface area contributed by atoms with Gasteiger partial charge in [0.15, 0.2) is 11.0 Å². The number of carbonyl (C=O) groups is 1. The highest BCUT2D eigenvalue weighted by Crippen LogP contribution is 2.37. The predicted molar refractivity (Wildman–Crippen MR) is 135 cm³/mol. The highest BCUT2D eigenvalue weighted by Gasteiger charge is 2.41. The molecule has 2 N–H and O–H groups in total. The summed E-state index contributed by atoms with van der Waals surface area (Å²) >= 11 is 8.01. The Hall–Kier alpha value is -1.82. The molecule has 31 heavy (non-hydrogen) atoms. The SMILES string of the molecule is CNC1(c2ccccc2Cl)CCCCC1=O.Cc1cccc(C)c1NC1=NCCCS1. The Kier molecular flexibility index (Phi) is 8.58. The van der Waals surface area contributed by atoms with Crippen LogP contribution >= 0.6 is 23.4 Å². The van der Waals surface area contributed by atoms with Gasteiger partial charge in [0.25, 0.3) is 0 Å². The maximum Gasteiger partial charge on any atom is 0.161 e. The van der Waals surface area contributed by atoms with Crippen molar-refractivity contribution in [1.82, 2.24) is 5.32 Å². The van der Waals surface area contributed by atoms with E-state index in [1.807, 2.05) is 43.1 Å². The van der Waals surface area contributed by atoms with Gasteiger partial charge in [-0.05, 0) is 62.9 Å². The molecule has 1 atom stereocenters. The van der Waals surface area contributed by atoms with E-state index in [-0.39, 0.29) is 5.78 Å². The van der Waals surface area contributed by atoms with Gasteiger partial charge in [-0.15, -0.1) is 0 Å². The molecule has 0 aromatic heterocycles. The topological polar surface area (TPSA) is 53.5 Å². The first-order valence-electron chi connectivity index (χ1n) is 11.0. The number of halogens is 1. The van der Waals surface area contributed by atoms with Crippen molar-refractivity contribution in [3.63, 3.8) is 0 Å². The number of nitrogens with zero attached hydrogens (tertiary/aromatic N) is 1. The average molecular weight is 458 g/mol. The minimum Gasteiger partial charge on any atom is -0.335 e. The fourth-order valence-electron chi connectivity index (χ4n) is 4.17. The lowest BCUT2D eigenvalue weighted by molar-refractivity contribution is -0.127. The molecule has 2 aromatic carbocycles. The lowest BCUT2D eigenvalue weighted by Crippen LogP contribution is -2.49. The van der Waals surface area contributed by atoms with Crippen molar-refractivity contribution < 1.29 is 4.79 Å². The second-order valence-electron chi connectivity index (χ2n) is 8.05. The Bertz CT molecular complexity index is 926. The number of aliphatic imine (C=N–C) groups is 1. The summed E-state index contributed by atoms with van der Waals surface area (Å²) in [5.74, 6) is 1.44. The molecule has 1 heterocycles. The fourth-order valence-corrected chi connectivity index (χ4v) is 5.29. The predicted octanol–water partition coefficient (Wildman–Crippen LogP) is 6.11. The zero-order valence-corrected chi connectivity index (χ0v) is 20.2. The van der Waals surface area contributed by atoms with Gasteiger partial charge in [-0.1, -0.05) is 66.2 Å². The van der Waals surface area contributed by atoms with E-state index in [1.54, 1.807) is 0 Å². The standard InChI is InChI=1S/C13H16ClNO.C12H16N2S/c1-15-13(9-5-4-8-12(13)16)10-6-2-3-7-11(10)14;1-9-5-3-6-10(2)11(9)14-12-13-7-4-8-15-12/h2-3,6-7,15H,4-5,8-9H2,1H3;3,5-6H,4,7-8H2,1-2H3,(H,13,14). The number of amidine groups is 1. The molecule has 1 aliphatic heterocycles. The molecule has 4 nitrogen and oxygen atoms in total. The molecule has 2 aromatic rings. The first-order valence-corrected chi connectivity index (χ1v) is 12.3. The molecule has 0 radical (unpaired) electrons. The Morgan fingerprint density at radius 3 is 2.39 bits per heavy atom. The number of anilines is 1. The maximum absolute atomic E-state index is 12.2. The Morgan fingerprint density at radius 2 is 1.77 bits per heavy atom. The van der Waals surface area contributed by atoms with E-state index in [0.717, 1.165) is 36.5 Å². The minimum absolute atomic E-state index is 0.259. The van der Waals surface area contributed by atoms with Crippen LogP contribution < -0.4 is 10.6 Å². The van der Waals surface area contributed by atoms with Gasteiger partial charge in [0.1, 0.15) is 5.54 Å². The zero-order chi connectivity index (χ0) is 22.3. The first kappa shape index (κ1) is 23.8. The van der Waals surface area contributed by atoms with Crippen LogP contribution in [0, 0.1) is 13.8 Å². The lowest BCUT2D eigenvalue weighted by atomic mass is 9.75. The summed E-state index contributed by atoms with van der Waals surface area (Å²) in [5.41, 5.74) is 4.14. The fraction of sp³-hybridized carbons (Fsp3) is 0.440. The molecule has 4 rings (SSSR count). The van der Waals surface area contributed by atoms with E-state index >= 15 is 0 Å². The van der Waals surface area contributed by atoms with Crippen molar-refractivity contribution in [1.29, 1.82) is 0 Å². The molecule has 1 fully saturated rings. The molecule has 1 saturated carbocycles. The minimum atomic E-state index is -0.559. The van der Waals surface area contributed by atoms with E-state index in [0.29, 0.717) is 11.4 Å².